The number of fused-ring (bicyclic) bond motifs is 1. The van der Waals surface area contributed by atoms with E-state index in [0.717, 1.165) is 10.7 Å². The lowest BCUT2D eigenvalue weighted by molar-refractivity contribution is -0.139. The standard InChI is InChI=1S/C26H26ClN3O5S/c1-4-33-21-14-17(6-11-20(21)35-15-22(31)29-19-9-7-18(27)8-10-19)24-23(25(32)34-5-2)16(3)28-26-30(24)12-13-36-26/h6-14,24H,4-5,15H2,1-3H3,(H,29,31)/t24-/m0/s1. The van der Waals surface area contributed by atoms with Gasteiger partial charge in [-0.2, -0.15) is 0 Å². The topological polar surface area (TPSA) is 89.5 Å². The fraction of sp³-hybridized carbons (Fsp3) is 0.269. The van der Waals surface area contributed by atoms with Crippen LogP contribution in [0.5, 0.6) is 11.5 Å². The lowest BCUT2D eigenvalue weighted by Crippen LogP contribution is -2.34. The molecule has 0 unspecified atom stereocenters. The van der Waals surface area contributed by atoms with E-state index < -0.39 is 12.0 Å². The molecule has 188 valence electrons. The molecule has 2 aliphatic heterocycles. The third kappa shape index (κ3) is 5.68. The predicted molar refractivity (Wildman–Crippen MR) is 141 cm³/mol. The minimum atomic E-state index is -0.441. The Hall–Kier alpha value is -3.43. The zero-order valence-electron chi connectivity index (χ0n) is 20.1. The summed E-state index contributed by atoms with van der Waals surface area (Å²) in [6.07, 6.45) is 1.89. The maximum atomic E-state index is 12.9. The first-order chi connectivity index (χ1) is 17.4. The Morgan fingerprint density at radius 3 is 2.58 bits per heavy atom. The fourth-order valence-corrected chi connectivity index (χ4v) is 4.77. The molecule has 10 heteroatoms. The van der Waals surface area contributed by atoms with Crippen LogP contribution in [-0.2, 0) is 14.3 Å². The van der Waals surface area contributed by atoms with Crippen LogP contribution in [0.25, 0.3) is 0 Å². The molecular weight excluding hydrogens is 502 g/mol. The summed E-state index contributed by atoms with van der Waals surface area (Å²) in [6.45, 7) is 5.90. The van der Waals surface area contributed by atoms with E-state index >= 15 is 0 Å². The van der Waals surface area contributed by atoms with Crippen molar-refractivity contribution in [3.63, 3.8) is 0 Å². The van der Waals surface area contributed by atoms with Crippen molar-refractivity contribution in [3.05, 3.63) is 75.9 Å². The number of ether oxygens (including phenoxy) is 3. The Labute approximate surface area is 219 Å². The number of rotatable bonds is 9. The second-order valence-corrected chi connectivity index (χ2v) is 9.12. The van der Waals surface area contributed by atoms with Crippen LogP contribution in [0.3, 0.4) is 0 Å². The zero-order chi connectivity index (χ0) is 25.7. The van der Waals surface area contributed by atoms with E-state index in [0.29, 0.717) is 40.1 Å². The number of esters is 1. The molecular formula is C26H26ClN3O5S. The summed E-state index contributed by atoms with van der Waals surface area (Å²) in [4.78, 5) is 31.8. The molecule has 0 spiro atoms. The SMILES string of the molecule is CCOC(=O)C1=C(C)N=C2SC=CN2[C@H]1c1ccc(OCC(=O)Nc2ccc(Cl)cc2)c(OCC)c1. The zero-order valence-corrected chi connectivity index (χ0v) is 21.7. The van der Waals surface area contributed by atoms with Crippen LogP contribution in [0.1, 0.15) is 32.4 Å². The second kappa shape index (κ2) is 11.5. The molecule has 1 amide bonds. The molecule has 0 saturated carbocycles. The van der Waals surface area contributed by atoms with Crippen molar-refractivity contribution in [2.45, 2.75) is 26.8 Å². The number of carbonyl (C=O) groups excluding carboxylic acids is 2. The van der Waals surface area contributed by atoms with E-state index in [4.69, 9.17) is 25.8 Å². The number of carbonyl (C=O) groups is 2. The number of allylic oxidation sites excluding steroid dienone is 1. The first kappa shape index (κ1) is 25.7. The van der Waals surface area contributed by atoms with Gasteiger partial charge in [-0.25, -0.2) is 9.79 Å². The summed E-state index contributed by atoms with van der Waals surface area (Å²) in [5.41, 5.74) is 2.50. The molecule has 0 bridgehead atoms. The highest BCUT2D eigenvalue weighted by molar-refractivity contribution is 8.16. The number of nitrogens with one attached hydrogen (secondary N) is 1. The highest BCUT2D eigenvalue weighted by Gasteiger charge is 2.37. The molecule has 8 nitrogen and oxygen atoms in total. The molecule has 2 aromatic rings. The summed E-state index contributed by atoms with van der Waals surface area (Å²) in [7, 11) is 0. The molecule has 4 rings (SSSR count). The quantitative estimate of drug-likeness (QED) is 0.429. The molecule has 0 radical (unpaired) electrons. The maximum Gasteiger partial charge on any atom is 0.338 e. The van der Waals surface area contributed by atoms with Crippen molar-refractivity contribution in [1.29, 1.82) is 0 Å². The summed E-state index contributed by atoms with van der Waals surface area (Å²) in [5, 5.41) is 6.05. The predicted octanol–water partition coefficient (Wildman–Crippen LogP) is 5.52. The maximum absolute atomic E-state index is 12.9. The number of amidine groups is 1. The molecule has 1 atom stereocenters. The van der Waals surface area contributed by atoms with Crippen molar-refractivity contribution in [2.75, 3.05) is 25.1 Å². The lowest BCUT2D eigenvalue weighted by atomic mass is 9.94. The van der Waals surface area contributed by atoms with E-state index in [9.17, 15) is 9.59 Å². The van der Waals surface area contributed by atoms with E-state index in [-0.39, 0.29) is 19.1 Å². The van der Waals surface area contributed by atoms with Crippen LogP contribution >= 0.6 is 23.4 Å². The van der Waals surface area contributed by atoms with Crippen LogP contribution in [0.2, 0.25) is 5.02 Å². The summed E-state index contributed by atoms with van der Waals surface area (Å²) >= 11 is 7.38. The van der Waals surface area contributed by atoms with Gasteiger partial charge in [-0.15, -0.1) is 0 Å². The third-order valence-corrected chi connectivity index (χ3v) is 6.41. The fourth-order valence-electron chi connectivity index (χ4n) is 3.85. The molecule has 2 aliphatic rings. The van der Waals surface area contributed by atoms with Gasteiger partial charge in [-0.05, 0) is 68.1 Å². The number of aliphatic imine (C=N–C) groups is 1. The number of anilines is 1. The summed E-state index contributed by atoms with van der Waals surface area (Å²) in [5.74, 6) is 0.154. The molecule has 2 heterocycles. The van der Waals surface area contributed by atoms with Gasteiger partial charge in [-0.3, -0.25) is 4.79 Å². The van der Waals surface area contributed by atoms with Crippen molar-refractivity contribution in [3.8, 4) is 11.5 Å². The van der Waals surface area contributed by atoms with E-state index in [1.807, 2.05) is 42.5 Å². The van der Waals surface area contributed by atoms with Gasteiger partial charge in [0.15, 0.2) is 23.3 Å². The van der Waals surface area contributed by atoms with Gasteiger partial charge in [0.25, 0.3) is 5.91 Å². The van der Waals surface area contributed by atoms with Crippen LogP contribution < -0.4 is 14.8 Å². The van der Waals surface area contributed by atoms with Gasteiger partial charge >= 0.3 is 5.97 Å². The third-order valence-electron chi connectivity index (χ3n) is 5.39. The van der Waals surface area contributed by atoms with Crippen LogP contribution in [0.4, 0.5) is 5.69 Å². The van der Waals surface area contributed by atoms with Gasteiger partial charge < -0.3 is 24.4 Å². The van der Waals surface area contributed by atoms with E-state index in [1.54, 1.807) is 37.3 Å². The number of thioether (sulfide) groups is 1. The smallest absolute Gasteiger partial charge is 0.338 e. The van der Waals surface area contributed by atoms with Gasteiger partial charge in [0.2, 0.25) is 0 Å². The van der Waals surface area contributed by atoms with Gasteiger partial charge in [-0.1, -0.05) is 29.4 Å². The van der Waals surface area contributed by atoms with Crippen molar-refractivity contribution >= 4 is 46.1 Å². The first-order valence-electron chi connectivity index (χ1n) is 11.4. The van der Waals surface area contributed by atoms with Crippen LogP contribution in [0.15, 0.2) is 70.3 Å². The van der Waals surface area contributed by atoms with Gasteiger partial charge in [0, 0.05) is 16.9 Å². The average molecular weight is 528 g/mol. The Kier molecular flexibility index (Phi) is 8.22. The van der Waals surface area contributed by atoms with Crippen molar-refractivity contribution in [2.24, 2.45) is 4.99 Å². The highest BCUT2D eigenvalue weighted by Crippen LogP contribution is 2.43. The Morgan fingerprint density at radius 2 is 1.86 bits per heavy atom. The van der Waals surface area contributed by atoms with Crippen molar-refractivity contribution in [1.82, 2.24) is 4.90 Å². The number of hydrogen-bond donors (Lipinski definition) is 1. The molecule has 0 aliphatic carbocycles. The molecule has 2 aromatic carbocycles. The summed E-state index contributed by atoms with van der Waals surface area (Å²) in [6, 6.07) is 11.8. The Bertz CT molecular complexity index is 1240. The number of amides is 1. The van der Waals surface area contributed by atoms with E-state index in [2.05, 4.69) is 10.3 Å². The molecule has 36 heavy (non-hydrogen) atoms. The second-order valence-electron chi connectivity index (χ2n) is 7.81. The van der Waals surface area contributed by atoms with Gasteiger partial charge in [0.05, 0.1) is 30.5 Å². The largest absolute Gasteiger partial charge is 0.490 e. The Balaban J connectivity index is 1.57. The number of halogens is 1. The number of hydrogen-bond acceptors (Lipinski definition) is 8. The normalized spacial score (nSPS) is 16.4. The summed E-state index contributed by atoms with van der Waals surface area (Å²) < 4.78 is 17.0. The lowest BCUT2D eigenvalue weighted by Gasteiger charge is -2.33. The Morgan fingerprint density at radius 1 is 1.08 bits per heavy atom. The molecule has 0 saturated heterocycles. The molecule has 0 fully saturated rings. The minimum absolute atomic E-state index is 0.207. The van der Waals surface area contributed by atoms with Crippen molar-refractivity contribution < 1.29 is 23.8 Å². The monoisotopic (exact) mass is 527 g/mol. The highest BCUT2D eigenvalue weighted by atomic mass is 35.5. The molecule has 0 aromatic heterocycles. The van der Waals surface area contributed by atoms with Crippen LogP contribution in [-0.4, -0.2) is 41.8 Å². The molecule has 1 N–H and O–H groups in total. The number of benzene rings is 2. The van der Waals surface area contributed by atoms with Gasteiger partial charge in [0.1, 0.15) is 0 Å². The average Bonchev–Trinajstić information content (AvgIpc) is 3.32. The number of nitrogens with zero attached hydrogens (tertiary/aromatic N) is 2. The minimum Gasteiger partial charge on any atom is -0.490 e. The van der Waals surface area contributed by atoms with E-state index in [1.165, 1.54) is 11.8 Å². The van der Waals surface area contributed by atoms with Crippen LogP contribution in [0, 0.1) is 0 Å². The first-order valence-corrected chi connectivity index (χ1v) is 12.7.